The lowest BCUT2D eigenvalue weighted by Crippen LogP contribution is -1.96. The molecule has 0 N–H and O–H groups in total. The first-order valence-corrected chi connectivity index (χ1v) is 5.91. The molecule has 0 aliphatic rings. The molecule has 2 aromatic rings. The number of benzene rings is 1. The number of hydrogen-bond donors (Lipinski definition) is 0. The first-order chi connectivity index (χ1) is 8.65. The minimum absolute atomic E-state index is 0.0477. The summed E-state index contributed by atoms with van der Waals surface area (Å²) >= 11 is 3.32. The van der Waals surface area contributed by atoms with Gasteiger partial charge >= 0.3 is 0 Å². The zero-order valence-corrected chi connectivity index (χ0v) is 10.8. The molecule has 1 aromatic heterocycles. The summed E-state index contributed by atoms with van der Waals surface area (Å²) in [5.74, 6) is 0.584. The van der Waals surface area contributed by atoms with E-state index in [0.29, 0.717) is 12.4 Å². The summed E-state index contributed by atoms with van der Waals surface area (Å²) < 4.78 is 6.38. The van der Waals surface area contributed by atoms with Gasteiger partial charge in [-0.15, -0.1) is 0 Å². The predicted octanol–water partition coefficient (Wildman–Crippen LogP) is 3.33. The van der Waals surface area contributed by atoms with Crippen LogP contribution in [-0.2, 0) is 6.61 Å². The third kappa shape index (κ3) is 3.27. The molecule has 1 heterocycles. The lowest BCUT2D eigenvalue weighted by Gasteiger charge is -2.05. The molecule has 1 aromatic carbocycles. The van der Waals surface area contributed by atoms with Gasteiger partial charge in [-0.2, -0.15) is 0 Å². The normalized spacial score (nSPS) is 10.1. The van der Waals surface area contributed by atoms with Crippen molar-refractivity contribution in [2.75, 3.05) is 0 Å². The van der Waals surface area contributed by atoms with Gasteiger partial charge in [0.05, 0.1) is 4.92 Å². The molecule has 5 nitrogen and oxygen atoms in total. The quantitative estimate of drug-likeness (QED) is 0.642. The number of ether oxygens (including phenoxy) is 1. The second-order valence-corrected chi connectivity index (χ2v) is 4.47. The van der Waals surface area contributed by atoms with E-state index < -0.39 is 4.92 Å². The maximum atomic E-state index is 10.5. The summed E-state index contributed by atoms with van der Waals surface area (Å²) in [6, 6.07) is 7.87. The van der Waals surface area contributed by atoms with Crippen molar-refractivity contribution < 1.29 is 9.66 Å². The smallest absolute Gasteiger partial charge is 0.269 e. The highest BCUT2D eigenvalue weighted by atomic mass is 79.9. The summed E-state index contributed by atoms with van der Waals surface area (Å²) in [5, 5.41) is 10.5. The Morgan fingerprint density at radius 1 is 1.28 bits per heavy atom. The van der Waals surface area contributed by atoms with Crippen molar-refractivity contribution in [2.24, 2.45) is 0 Å². The van der Waals surface area contributed by atoms with E-state index in [1.807, 2.05) is 6.07 Å². The lowest BCUT2D eigenvalue weighted by molar-refractivity contribution is -0.384. The number of rotatable bonds is 4. The third-order valence-corrected chi connectivity index (χ3v) is 2.65. The Labute approximate surface area is 112 Å². The molecule has 0 bridgehead atoms. The highest BCUT2D eigenvalue weighted by molar-refractivity contribution is 9.10. The Morgan fingerprint density at radius 2 is 2.00 bits per heavy atom. The topological polar surface area (TPSA) is 65.3 Å². The summed E-state index contributed by atoms with van der Waals surface area (Å²) in [6.45, 7) is 0.365. The maximum absolute atomic E-state index is 10.5. The average molecular weight is 309 g/mol. The second kappa shape index (κ2) is 5.59. The largest absolute Gasteiger partial charge is 0.489 e. The van der Waals surface area contributed by atoms with E-state index in [-0.39, 0.29) is 5.69 Å². The fourth-order valence-electron chi connectivity index (χ4n) is 1.37. The molecule has 6 heteroatoms. The van der Waals surface area contributed by atoms with E-state index >= 15 is 0 Å². The Bertz CT molecular complexity index is 558. The Kier molecular flexibility index (Phi) is 3.88. The number of nitro benzene ring substituents is 1. The fourth-order valence-corrected chi connectivity index (χ4v) is 1.78. The molecule has 0 saturated heterocycles. The molecule has 0 amide bonds. The SMILES string of the molecule is O=[N+]([O-])c1ccc(OCc2cncc(Br)c2)cc1. The van der Waals surface area contributed by atoms with E-state index in [9.17, 15) is 10.1 Å². The molecule has 0 radical (unpaired) electrons. The van der Waals surface area contributed by atoms with Gasteiger partial charge in [-0.1, -0.05) is 0 Å². The van der Waals surface area contributed by atoms with Gasteiger partial charge in [-0.3, -0.25) is 15.1 Å². The number of hydrogen-bond acceptors (Lipinski definition) is 4. The standard InChI is InChI=1S/C12H9BrN2O3/c13-10-5-9(6-14-7-10)8-18-12-3-1-11(2-4-12)15(16)17/h1-7H,8H2. The van der Waals surface area contributed by atoms with Crippen molar-refractivity contribution >= 4 is 21.6 Å². The molecule has 0 saturated carbocycles. The molecule has 0 aliphatic heterocycles. The van der Waals surface area contributed by atoms with E-state index in [1.165, 1.54) is 12.1 Å². The van der Waals surface area contributed by atoms with Gasteiger partial charge in [-0.25, -0.2) is 0 Å². The summed E-state index contributed by atoms with van der Waals surface area (Å²) in [4.78, 5) is 14.1. The van der Waals surface area contributed by atoms with Crippen molar-refractivity contribution in [1.82, 2.24) is 4.98 Å². The van der Waals surface area contributed by atoms with Crippen molar-refractivity contribution in [3.05, 3.63) is 62.9 Å². The number of pyridine rings is 1. The van der Waals surface area contributed by atoms with Crippen LogP contribution in [0.2, 0.25) is 0 Å². The monoisotopic (exact) mass is 308 g/mol. The van der Waals surface area contributed by atoms with E-state index in [2.05, 4.69) is 20.9 Å². The van der Waals surface area contributed by atoms with Crippen LogP contribution in [0, 0.1) is 10.1 Å². The third-order valence-electron chi connectivity index (χ3n) is 2.21. The highest BCUT2D eigenvalue weighted by Crippen LogP contribution is 2.18. The molecule has 18 heavy (non-hydrogen) atoms. The minimum atomic E-state index is -0.442. The molecule has 0 fully saturated rings. The van der Waals surface area contributed by atoms with Crippen LogP contribution in [0.15, 0.2) is 47.2 Å². The van der Waals surface area contributed by atoms with Crippen LogP contribution in [0.4, 0.5) is 5.69 Å². The number of halogens is 1. The minimum Gasteiger partial charge on any atom is -0.489 e. The number of nitrogens with zero attached hydrogens (tertiary/aromatic N) is 2. The Morgan fingerprint density at radius 3 is 2.61 bits per heavy atom. The fraction of sp³-hybridized carbons (Fsp3) is 0.0833. The summed E-state index contributed by atoms with van der Waals surface area (Å²) in [5.41, 5.74) is 0.967. The van der Waals surface area contributed by atoms with Crippen molar-refractivity contribution in [3.8, 4) is 5.75 Å². The van der Waals surface area contributed by atoms with Crippen LogP contribution >= 0.6 is 15.9 Å². The van der Waals surface area contributed by atoms with Crippen molar-refractivity contribution in [3.63, 3.8) is 0 Å². The van der Waals surface area contributed by atoms with E-state index in [0.717, 1.165) is 10.0 Å². The number of non-ortho nitro benzene ring substituents is 1. The second-order valence-electron chi connectivity index (χ2n) is 3.55. The van der Waals surface area contributed by atoms with E-state index in [1.54, 1.807) is 24.5 Å². The number of nitro groups is 1. The Balaban J connectivity index is 2.00. The molecule has 0 atom stereocenters. The molecular formula is C12H9BrN2O3. The summed E-state index contributed by atoms with van der Waals surface area (Å²) in [7, 11) is 0. The van der Waals surface area contributed by atoms with Crippen LogP contribution in [0.25, 0.3) is 0 Å². The van der Waals surface area contributed by atoms with Gasteiger partial charge in [0.2, 0.25) is 0 Å². The molecule has 92 valence electrons. The van der Waals surface area contributed by atoms with Gasteiger partial charge in [0.25, 0.3) is 5.69 Å². The average Bonchev–Trinajstić information content (AvgIpc) is 2.37. The molecule has 2 rings (SSSR count). The highest BCUT2D eigenvalue weighted by Gasteiger charge is 2.04. The van der Waals surface area contributed by atoms with Crippen LogP contribution in [0.1, 0.15) is 5.56 Å². The van der Waals surface area contributed by atoms with Gasteiger partial charge in [0.1, 0.15) is 12.4 Å². The Hall–Kier alpha value is -1.95. The first-order valence-electron chi connectivity index (χ1n) is 5.12. The number of aromatic nitrogens is 1. The van der Waals surface area contributed by atoms with Crippen molar-refractivity contribution in [2.45, 2.75) is 6.61 Å². The molecule has 0 spiro atoms. The molecule has 0 aliphatic carbocycles. The van der Waals surface area contributed by atoms with Crippen molar-refractivity contribution in [1.29, 1.82) is 0 Å². The van der Waals surface area contributed by atoms with Crippen LogP contribution in [0.5, 0.6) is 5.75 Å². The van der Waals surface area contributed by atoms with Crippen LogP contribution in [0.3, 0.4) is 0 Å². The van der Waals surface area contributed by atoms with Crippen LogP contribution in [-0.4, -0.2) is 9.91 Å². The van der Waals surface area contributed by atoms with Gasteiger partial charge in [0, 0.05) is 34.6 Å². The van der Waals surface area contributed by atoms with Gasteiger partial charge in [-0.05, 0) is 34.1 Å². The lowest BCUT2D eigenvalue weighted by atomic mass is 10.3. The predicted molar refractivity (Wildman–Crippen MR) is 69.4 cm³/mol. The van der Waals surface area contributed by atoms with Gasteiger partial charge in [0.15, 0.2) is 0 Å². The molecular weight excluding hydrogens is 300 g/mol. The summed E-state index contributed by atoms with van der Waals surface area (Å²) in [6.07, 6.45) is 3.39. The maximum Gasteiger partial charge on any atom is 0.269 e. The first kappa shape index (κ1) is 12.5. The van der Waals surface area contributed by atoms with E-state index in [4.69, 9.17) is 4.74 Å². The zero-order valence-electron chi connectivity index (χ0n) is 9.25. The van der Waals surface area contributed by atoms with Crippen LogP contribution < -0.4 is 4.74 Å². The van der Waals surface area contributed by atoms with Gasteiger partial charge < -0.3 is 4.74 Å². The molecule has 0 unspecified atom stereocenters. The zero-order chi connectivity index (χ0) is 13.0.